The van der Waals surface area contributed by atoms with E-state index in [-0.39, 0.29) is 10.6 Å². The van der Waals surface area contributed by atoms with Crippen LogP contribution in [0.3, 0.4) is 0 Å². The molecule has 6 nitrogen and oxygen atoms in total. The first-order valence-electron chi connectivity index (χ1n) is 6.47. The van der Waals surface area contributed by atoms with E-state index in [2.05, 4.69) is 15.1 Å². The predicted molar refractivity (Wildman–Crippen MR) is 78.0 cm³/mol. The summed E-state index contributed by atoms with van der Waals surface area (Å²) in [5, 5.41) is 7.01. The van der Waals surface area contributed by atoms with Gasteiger partial charge in [0.2, 0.25) is 0 Å². The summed E-state index contributed by atoms with van der Waals surface area (Å²) in [6, 6.07) is 5.29. The molecule has 0 aliphatic heterocycles. The minimum absolute atomic E-state index is 0.0521. The smallest absolute Gasteiger partial charge is 0.265 e. The molecule has 0 fully saturated rings. The van der Waals surface area contributed by atoms with Gasteiger partial charge < -0.3 is 5.32 Å². The van der Waals surface area contributed by atoms with Gasteiger partial charge in [0.15, 0.2) is 0 Å². The van der Waals surface area contributed by atoms with Gasteiger partial charge in [-0.2, -0.15) is 5.10 Å². The maximum atomic E-state index is 13.1. The van der Waals surface area contributed by atoms with Gasteiger partial charge in [-0.05, 0) is 38.2 Å². The average molecular weight is 312 g/mol. The van der Waals surface area contributed by atoms with Crippen molar-refractivity contribution in [3.05, 3.63) is 42.5 Å². The van der Waals surface area contributed by atoms with Crippen molar-refractivity contribution in [3.8, 4) is 0 Å². The summed E-state index contributed by atoms with van der Waals surface area (Å²) in [5.74, 6) is -0.502. The fraction of sp³-hybridized carbons (Fsp3) is 0.308. The van der Waals surface area contributed by atoms with Gasteiger partial charge in [-0.3, -0.25) is 9.40 Å². The maximum absolute atomic E-state index is 13.1. The monoisotopic (exact) mass is 312 g/mol. The standard InChI is InChI=1S/C13H17FN4O2S/c1-15-6-3-7-18-10-13(9-16-18)21(19,20)17-12-5-2-4-11(14)8-12/h2,4-5,8-10,15,17H,3,6-7H2,1H3. The summed E-state index contributed by atoms with van der Waals surface area (Å²) in [6.45, 7) is 1.44. The van der Waals surface area contributed by atoms with Crippen molar-refractivity contribution in [3.63, 3.8) is 0 Å². The van der Waals surface area contributed by atoms with Crippen LogP contribution < -0.4 is 10.0 Å². The second-order valence-corrected chi connectivity index (χ2v) is 6.19. The number of rotatable bonds is 7. The van der Waals surface area contributed by atoms with Crippen LogP contribution in [0.1, 0.15) is 6.42 Å². The third-order valence-electron chi connectivity index (χ3n) is 2.81. The summed E-state index contributed by atoms with van der Waals surface area (Å²) >= 11 is 0. The van der Waals surface area contributed by atoms with Crippen LogP contribution in [0, 0.1) is 5.82 Å². The minimum Gasteiger partial charge on any atom is -0.320 e. The molecule has 21 heavy (non-hydrogen) atoms. The topological polar surface area (TPSA) is 76.0 Å². The van der Waals surface area contributed by atoms with Crippen molar-refractivity contribution >= 4 is 15.7 Å². The third kappa shape index (κ3) is 4.27. The number of nitrogens with one attached hydrogen (secondary N) is 2. The lowest BCUT2D eigenvalue weighted by Crippen LogP contribution is -2.13. The van der Waals surface area contributed by atoms with E-state index in [9.17, 15) is 12.8 Å². The Kier molecular flexibility index (Phi) is 4.92. The Balaban J connectivity index is 2.09. The first kappa shape index (κ1) is 15.5. The van der Waals surface area contributed by atoms with E-state index in [0.29, 0.717) is 6.54 Å². The molecule has 2 N–H and O–H groups in total. The Morgan fingerprint density at radius 3 is 2.90 bits per heavy atom. The van der Waals surface area contributed by atoms with Gasteiger partial charge >= 0.3 is 0 Å². The second-order valence-electron chi connectivity index (χ2n) is 4.51. The van der Waals surface area contributed by atoms with E-state index >= 15 is 0 Å². The van der Waals surface area contributed by atoms with Gasteiger partial charge in [0.1, 0.15) is 10.7 Å². The summed E-state index contributed by atoms with van der Waals surface area (Å²) in [5.41, 5.74) is 0.179. The van der Waals surface area contributed by atoms with Crippen LogP contribution >= 0.6 is 0 Å². The highest BCUT2D eigenvalue weighted by atomic mass is 32.2. The molecule has 0 unspecified atom stereocenters. The number of benzene rings is 1. The van der Waals surface area contributed by atoms with Crippen LogP contribution in [0.15, 0.2) is 41.6 Å². The lowest BCUT2D eigenvalue weighted by Gasteiger charge is -2.05. The van der Waals surface area contributed by atoms with Crippen LogP contribution in [0.25, 0.3) is 0 Å². The number of nitrogens with zero attached hydrogens (tertiary/aromatic N) is 2. The van der Waals surface area contributed by atoms with Crippen molar-refractivity contribution in [1.82, 2.24) is 15.1 Å². The number of halogens is 1. The molecule has 0 saturated heterocycles. The van der Waals surface area contributed by atoms with Gasteiger partial charge in [-0.15, -0.1) is 0 Å². The highest BCUT2D eigenvalue weighted by molar-refractivity contribution is 7.92. The van der Waals surface area contributed by atoms with E-state index < -0.39 is 15.8 Å². The Bertz CT molecular complexity index is 700. The fourth-order valence-electron chi connectivity index (χ4n) is 1.79. The van der Waals surface area contributed by atoms with E-state index in [0.717, 1.165) is 19.0 Å². The van der Waals surface area contributed by atoms with Gasteiger partial charge in [0.25, 0.3) is 10.0 Å². The summed E-state index contributed by atoms with van der Waals surface area (Å²) in [6.07, 6.45) is 3.58. The summed E-state index contributed by atoms with van der Waals surface area (Å²) < 4.78 is 41.3. The minimum atomic E-state index is -3.76. The molecular weight excluding hydrogens is 295 g/mol. The lowest BCUT2D eigenvalue weighted by molar-refractivity contribution is 0.561. The highest BCUT2D eigenvalue weighted by Gasteiger charge is 2.16. The average Bonchev–Trinajstić information content (AvgIpc) is 2.88. The Hall–Kier alpha value is -1.93. The van der Waals surface area contributed by atoms with Crippen LogP contribution in [0.4, 0.5) is 10.1 Å². The van der Waals surface area contributed by atoms with Crippen LogP contribution in [0.2, 0.25) is 0 Å². The van der Waals surface area contributed by atoms with Gasteiger partial charge in [0.05, 0.1) is 11.9 Å². The molecule has 114 valence electrons. The Morgan fingerprint density at radius 2 is 2.19 bits per heavy atom. The first-order valence-corrected chi connectivity index (χ1v) is 7.95. The molecule has 0 atom stereocenters. The molecule has 0 bridgehead atoms. The second kappa shape index (κ2) is 6.68. The molecule has 1 heterocycles. The molecule has 8 heteroatoms. The molecule has 1 aromatic heterocycles. The molecular formula is C13H17FN4O2S. The molecule has 0 aliphatic carbocycles. The van der Waals surface area contributed by atoms with Gasteiger partial charge in [-0.25, -0.2) is 12.8 Å². The van der Waals surface area contributed by atoms with E-state index in [1.165, 1.54) is 30.6 Å². The van der Waals surface area contributed by atoms with Gasteiger partial charge in [0, 0.05) is 12.7 Å². The molecule has 1 aromatic carbocycles. The van der Waals surface area contributed by atoms with Crippen molar-refractivity contribution in [2.45, 2.75) is 17.9 Å². The molecule has 0 spiro atoms. The van der Waals surface area contributed by atoms with Crippen LogP contribution in [0.5, 0.6) is 0 Å². The molecule has 0 radical (unpaired) electrons. The normalized spacial score (nSPS) is 11.5. The highest BCUT2D eigenvalue weighted by Crippen LogP contribution is 2.16. The van der Waals surface area contributed by atoms with Crippen molar-refractivity contribution in [2.75, 3.05) is 18.3 Å². The van der Waals surface area contributed by atoms with Crippen LogP contribution in [-0.4, -0.2) is 31.8 Å². The largest absolute Gasteiger partial charge is 0.320 e. The zero-order valence-corrected chi connectivity index (χ0v) is 12.4. The van der Waals surface area contributed by atoms with Crippen molar-refractivity contribution in [2.24, 2.45) is 0 Å². The number of sulfonamides is 1. The zero-order valence-electron chi connectivity index (χ0n) is 11.6. The van der Waals surface area contributed by atoms with Crippen molar-refractivity contribution < 1.29 is 12.8 Å². The van der Waals surface area contributed by atoms with Gasteiger partial charge in [-0.1, -0.05) is 6.07 Å². The summed E-state index contributed by atoms with van der Waals surface area (Å²) in [7, 11) is -1.91. The predicted octanol–water partition coefficient (Wildman–Crippen LogP) is 1.43. The SMILES string of the molecule is CNCCCn1cc(S(=O)(=O)Nc2cccc(F)c2)cn1. The number of hydrogen-bond donors (Lipinski definition) is 2. The Labute approximate surface area is 123 Å². The summed E-state index contributed by atoms with van der Waals surface area (Å²) in [4.78, 5) is 0.0521. The van der Waals surface area contributed by atoms with Crippen molar-refractivity contribution in [1.29, 1.82) is 0 Å². The number of anilines is 1. The van der Waals surface area contributed by atoms with E-state index in [4.69, 9.17) is 0 Å². The lowest BCUT2D eigenvalue weighted by atomic mass is 10.3. The van der Waals surface area contributed by atoms with E-state index in [1.807, 2.05) is 7.05 Å². The zero-order chi connectivity index (χ0) is 15.3. The Morgan fingerprint density at radius 1 is 1.38 bits per heavy atom. The molecule has 0 aliphatic rings. The van der Waals surface area contributed by atoms with Crippen LogP contribution in [-0.2, 0) is 16.6 Å². The van der Waals surface area contributed by atoms with E-state index in [1.54, 1.807) is 4.68 Å². The molecule has 0 saturated carbocycles. The number of aromatic nitrogens is 2. The quantitative estimate of drug-likeness (QED) is 0.758. The molecule has 2 rings (SSSR count). The number of hydrogen-bond acceptors (Lipinski definition) is 4. The third-order valence-corrected chi connectivity index (χ3v) is 4.15. The maximum Gasteiger partial charge on any atom is 0.265 e. The molecule has 2 aromatic rings. The fourth-order valence-corrected chi connectivity index (χ4v) is 2.79. The first-order chi connectivity index (χ1) is 10.0. The number of aryl methyl sites for hydroxylation is 1. The molecule has 0 amide bonds.